The van der Waals surface area contributed by atoms with Crippen molar-refractivity contribution in [3.8, 4) is 0 Å². The molecule has 0 spiro atoms. The Morgan fingerprint density at radius 1 is 1.38 bits per heavy atom. The van der Waals surface area contributed by atoms with Crippen LogP contribution in [0.1, 0.15) is 31.7 Å². The van der Waals surface area contributed by atoms with E-state index in [1.165, 1.54) is 0 Å². The topological polar surface area (TPSA) is 72.2 Å². The number of carbonyl (C=O) groups is 2. The molecule has 1 aliphatic rings. The van der Waals surface area contributed by atoms with Gasteiger partial charge < -0.3 is 11.1 Å². The summed E-state index contributed by atoms with van der Waals surface area (Å²) in [6.45, 7) is 3.64. The normalized spacial score (nSPS) is 21.0. The lowest BCUT2D eigenvalue weighted by molar-refractivity contribution is -0.127. The number of hydrogen-bond acceptors (Lipinski definition) is 2. The molecule has 0 aliphatic heterocycles. The third-order valence-corrected chi connectivity index (χ3v) is 4.42. The summed E-state index contributed by atoms with van der Waals surface area (Å²) in [5.41, 5.74) is 5.47. The Labute approximate surface area is 134 Å². The summed E-state index contributed by atoms with van der Waals surface area (Å²) in [5.74, 6) is -0.491. The number of halogens is 2. The highest BCUT2D eigenvalue weighted by molar-refractivity contribution is 6.35. The van der Waals surface area contributed by atoms with Crippen LogP contribution in [-0.4, -0.2) is 18.4 Å². The van der Waals surface area contributed by atoms with Gasteiger partial charge >= 0.3 is 0 Å². The van der Waals surface area contributed by atoms with E-state index in [4.69, 9.17) is 28.9 Å². The molecule has 2 amide bonds. The van der Waals surface area contributed by atoms with Gasteiger partial charge in [-0.05, 0) is 43.9 Å². The number of amides is 2. The molecule has 0 heterocycles. The zero-order valence-corrected chi connectivity index (χ0v) is 13.5. The maximum Gasteiger partial charge on any atom is 0.224 e. The molecule has 6 heteroatoms. The van der Waals surface area contributed by atoms with E-state index >= 15 is 0 Å². The minimum absolute atomic E-state index is 0.0691. The van der Waals surface area contributed by atoms with E-state index in [2.05, 4.69) is 5.32 Å². The molecule has 2 atom stereocenters. The highest BCUT2D eigenvalue weighted by Gasteiger charge is 2.45. The fourth-order valence-corrected chi connectivity index (χ4v) is 2.71. The Kier molecular flexibility index (Phi) is 4.49. The van der Waals surface area contributed by atoms with E-state index in [0.29, 0.717) is 10.0 Å². The molecule has 1 aromatic carbocycles. The van der Waals surface area contributed by atoms with Crippen molar-refractivity contribution in [1.29, 1.82) is 0 Å². The van der Waals surface area contributed by atoms with Gasteiger partial charge in [-0.15, -0.1) is 0 Å². The lowest BCUT2D eigenvalue weighted by Crippen LogP contribution is -2.42. The van der Waals surface area contributed by atoms with Gasteiger partial charge in [0.2, 0.25) is 11.8 Å². The molecule has 0 radical (unpaired) electrons. The van der Waals surface area contributed by atoms with Gasteiger partial charge in [0.05, 0.1) is 5.41 Å². The van der Waals surface area contributed by atoms with Crippen molar-refractivity contribution in [3.05, 3.63) is 33.8 Å². The SMILES string of the molecule is CC(C)(CNC(=O)C1CC1c1ccc(Cl)cc1Cl)C(N)=O. The lowest BCUT2D eigenvalue weighted by atomic mass is 9.92. The van der Waals surface area contributed by atoms with E-state index < -0.39 is 11.3 Å². The van der Waals surface area contributed by atoms with Crippen LogP contribution in [0.5, 0.6) is 0 Å². The van der Waals surface area contributed by atoms with E-state index in [1.54, 1.807) is 26.0 Å². The van der Waals surface area contributed by atoms with Gasteiger partial charge in [0.15, 0.2) is 0 Å². The largest absolute Gasteiger partial charge is 0.369 e. The summed E-state index contributed by atoms with van der Waals surface area (Å²) in [7, 11) is 0. The molecule has 0 saturated heterocycles. The van der Waals surface area contributed by atoms with Crippen molar-refractivity contribution < 1.29 is 9.59 Å². The third kappa shape index (κ3) is 3.69. The van der Waals surface area contributed by atoms with E-state index in [1.807, 2.05) is 6.07 Å². The van der Waals surface area contributed by atoms with Gasteiger partial charge in [-0.1, -0.05) is 29.3 Å². The monoisotopic (exact) mass is 328 g/mol. The Hall–Kier alpha value is -1.26. The Morgan fingerprint density at radius 2 is 2.05 bits per heavy atom. The molecule has 1 aromatic rings. The van der Waals surface area contributed by atoms with Gasteiger partial charge in [0, 0.05) is 22.5 Å². The van der Waals surface area contributed by atoms with Crippen LogP contribution in [0.3, 0.4) is 0 Å². The molecule has 1 aliphatic carbocycles. The van der Waals surface area contributed by atoms with Crippen molar-refractivity contribution >= 4 is 35.0 Å². The zero-order chi connectivity index (χ0) is 15.8. The Balaban J connectivity index is 1.94. The first kappa shape index (κ1) is 16.1. The number of benzene rings is 1. The van der Waals surface area contributed by atoms with Crippen LogP contribution < -0.4 is 11.1 Å². The zero-order valence-electron chi connectivity index (χ0n) is 12.0. The van der Waals surface area contributed by atoms with Crippen LogP contribution in [0.25, 0.3) is 0 Å². The van der Waals surface area contributed by atoms with Crippen LogP contribution in [0.15, 0.2) is 18.2 Å². The summed E-state index contributed by atoms with van der Waals surface area (Å²) >= 11 is 12.0. The fourth-order valence-electron chi connectivity index (χ4n) is 2.16. The summed E-state index contributed by atoms with van der Waals surface area (Å²) in [6, 6.07) is 5.31. The highest BCUT2D eigenvalue weighted by Crippen LogP contribution is 2.50. The number of nitrogens with one attached hydrogen (secondary N) is 1. The molecule has 4 nitrogen and oxygen atoms in total. The summed E-state index contributed by atoms with van der Waals surface area (Å²) < 4.78 is 0. The number of rotatable bonds is 5. The predicted molar refractivity (Wildman–Crippen MR) is 83.3 cm³/mol. The second-order valence-electron chi connectivity index (χ2n) is 6.08. The molecule has 1 fully saturated rings. The van der Waals surface area contributed by atoms with Crippen LogP contribution in [0.2, 0.25) is 10.0 Å². The standard InChI is InChI=1S/C15H18Cl2N2O2/c1-15(2,14(18)21)7-19-13(20)11-6-10(11)9-4-3-8(16)5-12(9)17/h3-5,10-11H,6-7H2,1-2H3,(H2,18,21)(H,19,20). The summed E-state index contributed by atoms with van der Waals surface area (Å²) in [5, 5.41) is 3.95. The molecular weight excluding hydrogens is 311 g/mol. The van der Waals surface area contributed by atoms with Crippen molar-refractivity contribution in [1.82, 2.24) is 5.32 Å². The molecule has 0 bridgehead atoms. The third-order valence-electron chi connectivity index (χ3n) is 3.86. The molecule has 2 unspecified atom stereocenters. The Morgan fingerprint density at radius 3 is 2.62 bits per heavy atom. The van der Waals surface area contributed by atoms with Gasteiger partial charge in [0.25, 0.3) is 0 Å². The first-order valence-electron chi connectivity index (χ1n) is 6.75. The van der Waals surface area contributed by atoms with E-state index in [9.17, 15) is 9.59 Å². The van der Waals surface area contributed by atoms with Gasteiger partial charge in [-0.3, -0.25) is 9.59 Å². The molecule has 1 saturated carbocycles. The Bertz CT molecular complexity index is 587. The van der Waals surface area contributed by atoms with Crippen molar-refractivity contribution in [2.24, 2.45) is 17.1 Å². The summed E-state index contributed by atoms with van der Waals surface area (Å²) in [4.78, 5) is 23.3. The molecular formula is C15H18Cl2N2O2. The summed E-state index contributed by atoms with van der Waals surface area (Å²) in [6.07, 6.45) is 0.754. The molecule has 0 aromatic heterocycles. The number of hydrogen-bond donors (Lipinski definition) is 2. The van der Waals surface area contributed by atoms with Gasteiger partial charge in [0.1, 0.15) is 0 Å². The van der Waals surface area contributed by atoms with Crippen LogP contribution >= 0.6 is 23.2 Å². The number of carbonyl (C=O) groups excluding carboxylic acids is 2. The fraction of sp³-hybridized carbons (Fsp3) is 0.467. The maximum atomic E-state index is 12.1. The van der Waals surface area contributed by atoms with Crippen LogP contribution in [-0.2, 0) is 9.59 Å². The van der Waals surface area contributed by atoms with Crippen LogP contribution in [0.4, 0.5) is 0 Å². The quantitative estimate of drug-likeness (QED) is 0.872. The first-order chi connectivity index (χ1) is 9.72. The average molecular weight is 329 g/mol. The smallest absolute Gasteiger partial charge is 0.224 e. The van der Waals surface area contributed by atoms with Crippen molar-refractivity contribution in [2.45, 2.75) is 26.2 Å². The van der Waals surface area contributed by atoms with Gasteiger partial charge in [-0.25, -0.2) is 0 Å². The number of nitrogens with two attached hydrogens (primary N) is 1. The lowest BCUT2D eigenvalue weighted by Gasteiger charge is -2.20. The number of primary amides is 1. The molecule has 114 valence electrons. The van der Waals surface area contributed by atoms with Crippen molar-refractivity contribution in [2.75, 3.05) is 6.54 Å². The van der Waals surface area contributed by atoms with Crippen LogP contribution in [0, 0.1) is 11.3 Å². The van der Waals surface area contributed by atoms with Gasteiger partial charge in [-0.2, -0.15) is 0 Å². The minimum Gasteiger partial charge on any atom is -0.369 e. The second-order valence-corrected chi connectivity index (χ2v) is 6.92. The first-order valence-corrected chi connectivity index (χ1v) is 7.50. The van der Waals surface area contributed by atoms with E-state index in [-0.39, 0.29) is 24.3 Å². The second kappa shape index (κ2) is 5.85. The molecule has 21 heavy (non-hydrogen) atoms. The minimum atomic E-state index is -0.752. The maximum absolute atomic E-state index is 12.1. The average Bonchev–Trinajstić information content (AvgIpc) is 3.16. The molecule has 2 rings (SSSR count). The van der Waals surface area contributed by atoms with Crippen molar-refractivity contribution in [3.63, 3.8) is 0 Å². The predicted octanol–water partition coefficient (Wildman–Crippen LogP) is 2.72. The highest BCUT2D eigenvalue weighted by atomic mass is 35.5. The molecule has 3 N–H and O–H groups in total. The van der Waals surface area contributed by atoms with E-state index in [0.717, 1.165) is 12.0 Å².